The summed E-state index contributed by atoms with van der Waals surface area (Å²) in [6.07, 6.45) is 1.41. The number of benzene rings is 3. The molecule has 0 saturated carbocycles. The van der Waals surface area contributed by atoms with Gasteiger partial charge in [0, 0.05) is 11.6 Å². The van der Waals surface area contributed by atoms with Gasteiger partial charge in [-0.3, -0.25) is 9.10 Å². The number of hydrogen-bond acceptors (Lipinski definition) is 3. The molecule has 0 spiro atoms. The largest absolute Gasteiger partial charge is 0.350 e. The number of rotatable bonds is 7. The van der Waals surface area contributed by atoms with Crippen LogP contribution in [0.15, 0.2) is 66.7 Å². The molecule has 0 aliphatic rings. The Kier molecular flexibility index (Phi) is 6.45. The highest BCUT2D eigenvalue weighted by Crippen LogP contribution is 2.25. The third-order valence-corrected chi connectivity index (χ3v) is 6.09. The zero-order valence-corrected chi connectivity index (χ0v) is 17.9. The number of hydrogen-bond donors (Lipinski definition) is 1. The van der Waals surface area contributed by atoms with Gasteiger partial charge >= 0.3 is 0 Å². The van der Waals surface area contributed by atoms with Crippen molar-refractivity contribution in [3.63, 3.8) is 0 Å². The van der Waals surface area contributed by atoms with Crippen LogP contribution in [0.5, 0.6) is 0 Å². The van der Waals surface area contributed by atoms with E-state index in [9.17, 15) is 13.2 Å². The van der Waals surface area contributed by atoms with Crippen LogP contribution in [0, 0.1) is 0 Å². The molecule has 0 saturated heterocycles. The average molecular weight is 431 g/mol. The van der Waals surface area contributed by atoms with Gasteiger partial charge in [-0.15, -0.1) is 0 Å². The lowest BCUT2D eigenvalue weighted by atomic mass is 10.1. The fraction of sp³-hybridized carbons (Fsp3) is 0.227. The number of carbonyl (C=O) groups is 1. The second-order valence-corrected chi connectivity index (χ2v) is 9.16. The van der Waals surface area contributed by atoms with Crippen LogP contribution in [0.4, 0.5) is 5.69 Å². The molecule has 0 aliphatic carbocycles. The number of anilines is 1. The summed E-state index contributed by atoms with van der Waals surface area (Å²) in [6, 6.07) is 19.6. The van der Waals surface area contributed by atoms with E-state index in [-0.39, 0.29) is 5.91 Å². The van der Waals surface area contributed by atoms with Crippen molar-refractivity contribution in [3.05, 3.63) is 77.3 Å². The first-order valence-corrected chi connectivity index (χ1v) is 11.5. The molecular formula is C22H23ClN2O3S. The van der Waals surface area contributed by atoms with Crippen molar-refractivity contribution >= 4 is 44.0 Å². The highest BCUT2D eigenvalue weighted by Gasteiger charge is 2.31. The first-order valence-electron chi connectivity index (χ1n) is 9.30. The molecule has 1 atom stereocenters. The number of fused-ring (bicyclic) bond motifs is 1. The van der Waals surface area contributed by atoms with Crippen molar-refractivity contribution in [1.82, 2.24) is 5.32 Å². The SMILES string of the molecule is CC[C@@H](C(=O)NCc1ccc2ccccc2c1)N(c1cccc(Cl)c1)S(C)(=O)=O. The maximum Gasteiger partial charge on any atom is 0.244 e. The van der Waals surface area contributed by atoms with Gasteiger partial charge in [0.15, 0.2) is 0 Å². The Labute approximate surface area is 176 Å². The van der Waals surface area contributed by atoms with E-state index in [1.807, 2.05) is 42.5 Å². The van der Waals surface area contributed by atoms with Gasteiger partial charge in [0.25, 0.3) is 0 Å². The molecule has 0 fully saturated rings. The summed E-state index contributed by atoms with van der Waals surface area (Å²) in [6.45, 7) is 2.09. The summed E-state index contributed by atoms with van der Waals surface area (Å²) >= 11 is 6.03. The van der Waals surface area contributed by atoms with Crippen LogP contribution in [-0.2, 0) is 21.4 Å². The maximum absolute atomic E-state index is 12.9. The van der Waals surface area contributed by atoms with Gasteiger partial charge in [-0.2, -0.15) is 0 Å². The summed E-state index contributed by atoms with van der Waals surface area (Å²) < 4.78 is 26.1. The molecular weight excluding hydrogens is 408 g/mol. The zero-order valence-electron chi connectivity index (χ0n) is 16.3. The molecule has 0 aliphatic heterocycles. The van der Waals surface area contributed by atoms with Gasteiger partial charge in [0.2, 0.25) is 15.9 Å². The topological polar surface area (TPSA) is 66.5 Å². The molecule has 0 aromatic heterocycles. The number of amides is 1. The van der Waals surface area contributed by atoms with Crippen LogP contribution >= 0.6 is 11.6 Å². The van der Waals surface area contributed by atoms with Crippen molar-refractivity contribution in [3.8, 4) is 0 Å². The molecule has 29 heavy (non-hydrogen) atoms. The predicted octanol–water partition coefficient (Wildman–Crippen LogP) is 4.35. The predicted molar refractivity (Wildman–Crippen MR) is 119 cm³/mol. The monoisotopic (exact) mass is 430 g/mol. The standard InChI is InChI=1S/C22H23ClN2O3S/c1-3-21(25(29(2,27)28)20-10-6-9-19(23)14-20)22(26)24-15-16-11-12-17-7-4-5-8-18(17)13-16/h4-14,21H,3,15H2,1-2H3,(H,24,26)/t21-/m0/s1. The summed E-state index contributed by atoms with van der Waals surface area (Å²) in [4.78, 5) is 12.9. The van der Waals surface area contributed by atoms with Crippen LogP contribution in [0.2, 0.25) is 5.02 Å². The van der Waals surface area contributed by atoms with Crippen molar-refractivity contribution < 1.29 is 13.2 Å². The van der Waals surface area contributed by atoms with Gasteiger partial charge < -0.3 is 5.32 Å². The van der Waals surface area contributed by atoms with Gasteiger partial charge in [0.1, 0.15) is 6.04 Å². The molecule has 0 unspecified atom stereocenters. The third kappa shape index (κ3) is 5.08. The van der Waals surface area contributed by atoms with E-state index < -0.39 is 16.1 Å². The Morgan fingerprint density at radius 3 is 2.41 bits per heavy atom. The molecule has 152 valence electrons. The zero-order chi connectivity index (χ0) is 21.0. The number of sulfonamides is 1. The van der Waals surface area contributed by atoms with E-state index in [2.05, 4.69) is 5.32 Å². The second kappa shape index (κ2) is 8.84. The Morgan fingerprint density at radius 2 is 1.76 bits per heavy atom. The molecule has 3 aromatic carbocycles. The van der Waals surface area contributed by atoms with E-state index in [0.717, 1.165) is 26.9 Å². The van der Waals surface area contributed by atoms with Gasteiger partial charge in [-0.05, 0) is 47.0 Å². The first-order chi connectivity index (χ1) is 13.8. The van der Waals surface area contributed by atoms with Crippen molar-refractivity contribution in [2.75, 3.05) is 10.6 Å². The van der Waals surface area contributed by atoms with Crippen molar-refractivity contribution in [1.29, 1.82) is 0 Å². The molecule has 1 amide bonds. The van der Waals surface area contributed by atoms with Gasteiger partial charge in [0.05, 0.1) is 11.9 Å². The minimum atomic E-state index is -3.69. The fourth-order valence-electron chi connectivity index (χ4n) is 3.33. The van der Waals surface area contributed by atoms with E-state index in [1.54, 1.807) is 31.2 Å². The van der Waals surface area contributed by atoms with E-state index in [1.165, 1.54) is 0 Å². The number of halogens is 1. The number of nitrogens with zero attached hydrogens (tertiary/aromatic N) is 1. The van der Waals surface area contributed by atoms with E-state index in [4.69, 9.17) is 11.6 Å². The molecule has 5 nitrogen and oxygen atoms in total. The quantitative estimate of drug-likeness (QED) is 0.605. The minimum Gasteiger partial charge on any atom is -0.350 e. The van der Waals surface area contributed by atoms with Gasteiger partial charge in [-0.25, -0.2) is 8.42 Å². The lowest BCUT2D eigenvalue weighted by Gasteiger charge is -2.30. The average Bonchev–Trinajstić information content (AvgIpc) is 2.69. The minimum absolute atomic E-state index is 0.313. The van der Waals surface area contributed by atoms with Crippen molar-refractivity contribution in [2.45, 2.75) is 25.9 Å². The normalized spacial score (nSPS) is 12.5. The highest BCUT2D eigenvalue weighted by molar-refractivity contribution is 7.92. The van der Waals surface area contributed by atoms with Crippen LogP contribution in [0.1, 0.15) is 18.9 Å². The summed E-state index contributed by atoms with van der Waals surface area (Å²) in [5.74, 6) is -0.356. The Morgan fingerprint density at radius 1 is 1.03 bits per heavy atom. The fourth-order valence-corrected chi connectivity index (χ4v) is 4.72. The number of carbonyl (C=O) groups excluding carboxylic acids is 1. The van der Waals surface area contributed by atoms with Gasteiger partial charge in [-0.1, -0.05) is 61.0 Å². The molecule has 3 rings (SSSR count). The molecule has 3 aromatic rings. The smallest absolute Gasteiger partial charge is 0.244 e. The lowest BCUT2D eigenvalue weighted by molar-refractivity contribution is -0.122. The molecule has 0 heterocycles. The molecule has 1 N–H and O–H groups in total. The first kappa shape index (κ1) is 21.1. The molecule has 0 bridgehead atoms. The van der Waals surface area contributed by atoms with E-state index >= 15 is 0 Å². The highest BCUT2D eigenvalue weighted by atomic mass is 35.5. The lowest BCUT2D eigenvalue weighted by Crippen LogP contribution is -2.49. The summed E-state index contributed by atoms with van der Waals surface area (Å²) in [5.41, 5.74) is 1.31. The Balaban J connectivity index is 1.81. The van der Waals surface area contributed by atoms with E-state index in [0.29, 0.717) is 23.7 Å². The second-order valence-electron chi connectivity index (χ2n) is 6.86. The number of nitrogens with one attached hydrogen (secondary N) is 1. The van der Waals surface area contributed by atoms with Crippen LogP contribution in [0.3, 0.4) is 0 Å². The van der Waals surface area contributed by atoms with Crippen LogP contribution in [-0.4, -0.2) is 26.6 Å². The maximum atomic E-state index is 12.9. The summed E-state index contributed by atoms with van der Waals surface area (Å²) in [5, 5.41) is 5.49. The third-order valence-electron chi connectivity index (χ3n) is 4.67. The summed E-state index contributed by atoms with van der Waals surface area (Å²) in [7, 11) is -3.69. The molecule has 0 radical (unpaired) electrons. The van der Waals surface area contributed by atoms with Crippen molar-refractivity contribution in [2.24, 2.45) is 0 Å². The Hall–Kier alpha value is -2.57. The van der Waals surface area contributed by atoms with Crippen LogP contribution in [0.25, 0.3) is 10.8 Å². The Bertz CT molecular complexity index is 1130. The molecule has 7 heteroatoms. The van der Waals surface area contributed by atoms with Crippen LogP contribution < -0.4 is 9.62 Å².